The van der Waals surface area contributed by atoms with Crippen molar-refractivity contribution >= 4 is 0 Å². The summed E-state index contributed by atoms with van der Waals surface area (Å²) in [6.45, 7) is 4.01. The van der Waals surface area contributed by atoms with Gasteiger partial charge in [0.25, 0.3) is 0 Å². The van der Waals surface area contributed by atoms with Crippen LogP contribution in [-0.2, 0) is 21.1 Å². The normalized spacial score (nSPS) is 8.22. The van der Waals surface area contributed by atoms with Gasteiger partial charge in [0.2, 0.25) is 0 Å². The topological polar surface area (TPSA) is 12.9 Å². The van der Waals surface area contributed by atoms with Crippen LogP contribution >= 0.6 is 0 Å². The standard InChI is InChI=1S/C7H8N.W/c1-6-3-7(2)5-8-4-6;/h3-4H,1-2H3;/q-1;. The molecule has 1 rings (SSSR count). The fourth-order valence-electron chi connectivity index (χ4n) is 0.647. The zero-order valence-electron chi connectivity index (χ0n) is 5.51. The molecular weight excluding hydrogens is 282 g/mol. The molecule has 0 bridgehead atoms. The monoisotopic (exact) mass is 290 g/mol. The number of hydrogen-bond donors (Lipinski definition) is 0. The summed E-state index contributed by atoms with van der Waals surface area (Å²) in [5.74, 6) is 0. The molecule has 1 heterocycles. The summed E-state index contributed by atoms with van der Waals surface area (Å²) in [6.07, 6.45) is 4.62. The molecule has 0 aliphatic heterocycles. The molecule has 0 amide bonds. The molecule has 2 heteroatoms. The molecule has 0 unspecified atom stereocenters. The minimum Gasteiger partial charge on any atom is -0.394 e. The Bertz CT molecular complexity index is 169. The molecule has 1 aromatic heterocycles. The van der Waals surface area contributed by atoms with Gasteiger partial charge in [-0.15, -0.1) is 11.1 Å². The van der Waals surface area contributed by atoms with E-state index in [9.17, 15) is 0 Å². The van der Waals surface area contributed by atoms with E-state index in [4.69, 9.17) is 0 Å². The first-order valence-corrected chi connectivity index (χ1v) is 2.60. The minimum absolute atomic E-state index is 0. The van der Waals surface area contributed by atoms with Gasteiger partial charge in [0.15, 0.2) is 0 Å². The Labute approximate surface area is 69.8 Å². The molecule has 9 heavy (non-hydrogen) atoms. The second-order valence-electron chi connectivity index (χ2n) is 1.94. The van der Waals surface area contributed by atoms with E-state index >= 15 is 0 Å². The van der Waals surface area contributed by atoms with Crippen molar-refractivity contribution in [1.29, 1.82) is 0 Å². The van der Waals surface area contributed by atoms with Crippen molar-refractivity contribution in [3.05, 3.63) is 29.6 Å². The van der Waals surface area contributed by atoms with Crippen LogP contribution in [0.4, 0.5) is 0 Å². The van der Waals surface area contributed by atoms with Gasteiger partial charge < -0.3 is 4.98 Å². The van der Waals surface area contributed by atoms with Crippen LogP contribution in [0.2, 0.25) is 0 Å². The van der Waals surface area contributed by atoms with E-state index in [1.165, 1.54) is 5.56 Å². The molecular formula is C7H8NW-. The van der Waals surface area contributed by atoms with Crippen molar-refractivity contribution < 1.29 is 21.1 Å². The van der Waals surface area contributed by atoms with Gasteiger partial charge in [-0.05, 0) is 0 Å². The average molecular weight is 290 g/mol. The summed E-state index contributed by atoms with van der Waals surface area (Å²) >= 11 is 0. The number of aryl methyl sites for hydroxylation is 2. The van der Waals surface area contributed by atoms with Crippen LogP contribution < -0.4 is 0 Å². The zero-order chi connectivity index (χ0) is 5.98. The molecule has 0 fully saturated rings. The molecule has 0 atom stereocenters. The summed E-state index contributed by atoms with van der Waals surface area (Å²) in [5, 5.41) is 0. The minimum atomic E-state index is 0. The van der Waals surface area contributed by atoms with Gasteiger partial charge in [0.1, 0.15) is 0 Å². The number of pyridine rings is 1. The van der Waals surface area contributed by atoms with Crippen LogP contribution in [0.25, 0.3) is 0 Å². The van der Waals surface area contributed by atoms with Crippen LogP contribution in [0.5, 0.6) is 0 Å². The quantitative estimate of drug-likeness (QED) is 0.660. The SMILES string of the molecule is Cc1[c-]ncc(C)c1.[W]. The first kappa shape index (κ1) is 8.84. The maximum absolute atomic E-state index is 3.86. The van der Waals surface area contributed by atoms with Crippen molar-refractivity contribution in [3.8, 4) is 0 Å². The number of nitrogens with zero attached hydrogens (tertiary/aromatic N) is 1. The van der Waals surface area contributed by atoms with E-state index in [0.717, 1.165) is 5.56 Å². The van der Waals surface area contributed by atoms with E-state index < -0.39 is 0 Å². The van der Waals surface area contributed by atoms with Crippen LogP contribution in [-0.4, -0.2) is 4.98 Å². The van der Waals surface area contributed by atoms with E-state index in [-0.39, 0.29) is 21.1 Å². The van der Waals surface area contributed by atoms with Crippen LogP contribution in [0, 0.1) is 20.0 Å². The molecule has 0 saturated carbocycles. The van der Waals surface area contributed by atoms with Gasteiger partial charge in [-0.3, -0.25) is 0 Å². The molecule has 0 spiro atoms. The maximum Gasteiger partial charge on any atom is 0 e. The number of hydrogen-bond acceptors (Lipinski definition) is 1. The maximum atomic E-state index is 3.86. The fourth-order valence-corrected chi connectivity index (χ4v) is 0.647. The average Bonchev–Trinajstić information content (AvgIpc) is 1.64. The Morgan fingerprint density at radius 2 is 2.11 bits per heavy atom. The molecule has 0 aliphatic carbocycles. The molecule has 0 N–H and O–H groups in total. The Hall–Kier alpha value is -0.162. The second-order valence-corrected chi connectivity index (χ2v) is 1.94. The summed E-state index contributed by atoms with van der Waals surface area (Å²) < 4.78 is 0. The van der Waals surface area contributed by atoms with E-state index in [1.807, 2.05) is 19.9 Å². The van der Waals surface area contributed by atoms with Crippen LogP contribution in [0.1, 0.15) is 11.1 Å². The van der Waals surface area contributed by atoms with Crippen molar-refractivity contribution in [2.75, 3.05) is 0 Å². The Kier molecular flexibility index (Phi) is 3.72. The molecule has 0 saturated heterocycles. The predicted octanol–water partition coefficient (Wildman–Crippen LogP) is 1.50. The van der Waals surface area contributed by atoms with Gasteiger partial charge in [0, 0.05) is 21.1 Å². The zero-order valence-corrected chi connectivity index (χ0v) is 8.44. The van der Waals surface area contributed by atoms with Gasteiger partial charge in [-0.2, -0.15) is 6.07 Å². The van der Waals surface area contributed by atoms with Crippen molar-refractivity contribution in [2.24, 2.45) is 0 Å². The predicted molar refractivity (Wildman–Crippen MR) is 32.5 cm³/mol. The largest absolute Gasteiger partial charge is 0.394 e. The van der Waals surface area contributed by atoms with Gasteiger partial charge in [-0.1, -0.05) is 26.2 Å². The Morgan fingerprint density at radius 1 is 1.44 bits per heavy atom. The number of aromatic nitrogens is 1. The second kappa shape index (κ2) is 3.79. The number of rotatable bonds is 0. The van der Waals surface area contributed by atoms with Crippen molar-refractivity contribution in [3.63, 3.8) is 0 Å². The third kappa shape index (κ3) is 2.76. The van der Waals surface area contributed by atoms with Gasteiger partial charge in [-0.25, -0.2) is 0 Å². The molecule has 48 valence electrons. The summed E-state index contributed by atoms with van der Waals surface area (Å²) in [4.78, 5) is 3.86. The third-order valence-electron chi connectivity index (χ3n) is 0.953. The smallest absolute Gasteiger partial charge is 0 e. The van der Waals surface area contributed by atoms with Crippen molar-refractivity contribution in [1.82, 2.24) is 4.98 Å². The summed E-state index contributed by atoms with van der Waals surface area (Å²) in [6, 6.07) is 2.05. The van der Waals surface area contributed by atoms with E-state index in [2.05, 4.69) is 11.2 Å². The molecule has 1 aromatic rings. The van der Waals surface area contributed by atoms with E-state index in [1.54, 1.807) is 6.20 Å². The van der Waals surface area contributed by atoms with Crippen LogP contribution in [0.3, 0.4) is 0 Å². The van der Waals surface area contributed by atoms with Crippen LogP contribution in [0.15, 0.2) is 12.3 Å². The van der Waals surface area contributed by atoms with Crippen molar-refractivity contribution in [2.45, 2.75) is 13.8 Å². The molecule has 0 aromatic carbocycles. The third-order valence-corrected chi connectivity index (χ3v) is 0.953. The first-order chi connectivity index (χ1) is 3.79. The Balaban J connectivity index is 0.000000640. The van der Waals surface area contributed by atoms with E-state index in [0.29, 0.717) is 0 Å². The molecule has 0 aliphatic rings. The van der Waals surface area contributed by atoms with Gasteiger partial charge in [0.05, 0.1) is 0 Å². The summed E-state index contributed by atoms with van der Waals surface area (Å²) in [7, 11) is 0. The Morgan fingerprint density at radius 3 is 2.44 bits per heavy atom. The van der Waals surface area contributed by atoms with Gasteiger partial charge >= 0.3 is 0 Å². The fraction of sp³-hybridized carbons (Fsp3) is 0.286. The molecule has 1 nitrogen and oxygen atoms in total. The first-order valence-electron chi connectivity index (χ1n) is 2.60. The summed E-state index contributed by atoms with van der Waals surface area (Å²) in [5.41, 5.74) is 2.30. The molecule has 0 radical (unpaired) electrons.